The number of halogens is 3. The van der Waals surface area contributed by atoms with E-state index >= 15 is 0 Å². The van der Waals surface area contributed by atoms with Crippen molar-refractivity contribution < 1.29 is 17.9 Å². The zero-order valence-electron chi connectivity index (χ0n) is 15.3. The Morgan fingerprint density at radius 2 is 1.50 bits per heavy atom. The van der Waals surface area contributed by atoms with E-state index in [4.69, 9.17) is 4.74 Å². The van der Waals surface area contributed by atoms with E-state index in [9.17, 15) is 13.2 Å². The van der Waals surface area contributed by atoms with Gasteiger partial charge in [0.25, 0.3) is 0 Å². The first kappa shape index (κ1) is 19.5. The van der Waals surface area contributed by atoms with E-state index in [0.29, 0.717) is 23.8 Å². The molecule has 1 heterocycles. The second kappa shape index (κ2) is 8.16. The van der Waals surface area contributed by atoms with Crippen molar-refractivity contribution in [1.82, 2.24) is 9.97 Å². The van der Waals surface area contributed by atoms with Crippen LogP contribution in [0.25, 0.3) is 0 Å². The Hall–Kier alpha value is -3.29. The van der Waals surface area contributed by atoms with E-state index in [2.05, 4.69) is 20.6 Å². The summed E-state index contributed by atoms with van der Waals surface area (Å²) in [6.45, 7) is 4.32. The fraction of sp³-hybridized carbons (Fsp3) is 0.200. The SMILES string of the molecule is CCOc1ccc(Nc2cc(C)nc(Nc3ccc(C(F)(F)F)cc3)n2)cc1. The van der Waals surface area contributed by atoms with Gasteiger partial charge in [-0.15, -0.1) is 0 Å². The molecule has 0 spiro atoms. The molecule has 0 radical (unpaired) electrons. The second-order valence-corrected chi connectivity index (χ2v) is 6.00. The van der Waals surface area contributed by atoms with Crippen LogP contribution in [-0.2, 0) is 6.18 Å². The number of alkyl halides is 3. The van der Waals surface area contributed by atoms with Crippen LogP contribution in [0, 0.1) is 6.92 Å². The number of aryl methyl sites for hydroxylation is 1. The maximum atomic E-state index is 12.7. The molecule has 2 aromatic carbocycles. The van der Waals surface area contributed by atoms with Crippen molar-refractivity contribution in [2.75, 3.05) is 17.2 Å². The molecule has 0 fully saturated rings. The standard InChI is InChI=1S/C20H19F3N4O/c1-3-28-17-10-8-15(9-11-17)25-18-12-13(2)24-19(27-18)26-16-6-4-14(5-7-16)20(21,22)23/h4-12H,3H2,1-2H3,(H2,24,25,26,27). The molecule has 0 aliphatic heterocycles. The van der Waals surface area contributed by atoms with Gasteiger partial charge in [-0.25, -0.2) is 4.98 Å². The minimum absolute atomic E-state index is 0.285. The van der Waals surface area contributed by atoms with Gasteiger partial charge in [0, 0.05) is 23.1 Å². The molecular weight excluding hydrogens is 369 g/mol. The Kier molecular flexibility index (Phi) is 5.67. The van der Waals surface area contributed by atoms with Crippen LogP contribution >= 0.6 is 0 Å². The zero-order valence-corrected chi connectivity index (χ0v) is 15.3. The largest absolute Gasteiger partial charge is 0.494 e. The van der Waals surface area contributed by atoms with Crippen molar-refractivity contribution in [3.8, 4) is 5.75 Å². The molecule has 1 aromatic heterocycles. The number of anilines is 4. The van der Waals surface area contributed by atoms with Gasteiger partial charge in [0.2, 0.25) is 5.95 Å². The highest BCUT2D eigenvalue weighted by atomic mass is 19.4. The van der Waals surface area contributed by atoms with E-state index < -0.39 is 11.7 Å². The highest BCUT2D eigenvalue weighted by Crippen LogP contribution is 2.30. The van der Waals surface area contributed by atoms with Crippen molar-refractivity contribution in [1.29, 1.82) is 0 Å². The average molecular weight is 388 g/mol. The van der Waals surface area contributed by atoms with Gasteiger partial charge in [0.1, 0.15) is 11.6 Å². The van der Waals surface area contributed by atoms with Crippen molar-refractivity contribution in [2.45, 2.75) is 20.0 Å². The summed E-state index contributed by atoms with van der Waals surface area (Å²) in [5.74, 6) is 1.62. The Morgan fingerprint density at radius 3 is 2.11 bits per heavy atom. The summed E-state index contributed by atoms with van der Waals surface area (Å²) in [4.78, 5) is 8.64. The predicted octanol–water partition coefficient (Wildman–Crippen LogP) is 5.69. The molecular formula is C20H19F3N4O. The molecule has 0 aliphatic rings. The molecule has 5 nitrogen and oxygen atoms in total. The number of rotatable bonds is 6. The number of nitrogens with one attached hydrogen (secondary N) is 2. The third-order valence-corrected chi connectivity index (χ3v) is 3.76. The number of hydrogen-bond donors (Lipinski definition) is 2. The highest BCUT2D eigenvalue weighted by Gasteiger charge is 2.29. The fourth-order valence-corrected chi connectivity index (χ4v) is 2.51. The summed E-state index contributed by atoms with van der Waals surface area (Å²) in [6.07, 6.45) is -4.37. The summed E-state index contributed by atoms with van der Waals surface area (Å²) in [5, 5.41) is 6.10. The molecule has 0 amide bonds. The van der Waals surface area contributed by atoms with Crippen LogP contribution in [0.4, 0.5) is 36.3 Å². The van der Waals surface area contributed by atoms with E-state index in [1.807, 2.05) is 38.1 Å². The van der Waals surface area contributed by atoms with Crippen LogP contribution in [0.3, 0.4) is 0 Å². The average Bonchev–Trinajstić information content (AvgIpc) is 2.63. The van der Waals surface area contributed by atoms with Gasteiger partial charge in [0.15, 0.2) is 0 Å². The second-order valence-electron chi connectivity index (χ2n) is 6.00. The lowest BCUT2D eigenvalue weighted by atomic mass is 10.2. The van der Waals surface area contributed by atoms with Crippen LogP contribution in [-0.4, -0.2) is 16.6 Å². The number of hydrogen-bond acceptors (Lipinski definition) is 5. The van der Waals surface area contributed by atoms with Crippen molar-refractivity contribution in [2.24, 2.45) is 0 Å². The smallest absolute Gasteiger partial charge is 0.416 e. The van der Waals surface area contributed by atoms with Gasteiger partial charge in [0.05, 0.1) is 12.2 Å². The monoisotopic (exact) mass is 388 g/mol. The maximum Gasteiger partial charge on any atom is 0.416 e. The molecule has 0 aliphatic carbocycles. The topological polar surface area (TPSA) is 59.1 Å². The Balaban J connectivity index is 1.74. The Labute approximate surface area is 160 Å². The molecule has 28 heavy (non-hydrogen) atoms. The van der Waals surface area contributed by atoms with Crippen LogP contribution in [0.2, 0.25) is 0 Å². The lowest BCUT2D eigenvalue weighted by Crippen LogP contribution is -2.05. The van der Waals surface area contributed by atoms with Crippen molar-refractivity contribution >= 4 is 23.1 Å². The molecule has 3 rings (SSSR count). The molecule has 146 valence electrons. The molecule has 0 bridgehead atoms. The van der Waals surface area contributed by atoms with Gasteiger partial charge >= 0.3 is 6.18 Å². The van der Waals surface area contributed by atoms with Crippen LogP contribution in [0.15, 0.2) is 54.6 Å². The third kappa shape index (κ3) is 5.12. The number of nitrogens with zero attached hydrogens (tertiary/aromatic N) is 2. The summed E-state index contributed by atoms with van der Waals surface area (Å²) in [7, 11) is 0. The number of ether oxygens (including phenoxy) is 1. The Bertz CT molecular complexity index is 926. The molecule has 2 N–H and O–H groups in total. The lowest BCUT2D eigenvalue weighted by molar-refractivity contribution is -0.137. The summed E-state index contributed by atoms with van der Waals surface area (Å²) >= 11 is 0. The molecule has 0 saturated carbocycles. The highest BCUT2D eigenvalue weighted by molar-refractivity contribution is 5.61. The van der Waals surface area contributed by atoms with Gasteiger partial charge in [-0.2, -0.15) is 18.2 Å². The van der Waals surface area contributed by atoms with Crippen LogP contribution in [0.1, 0.15) is 18.2 Å². The first-order valence-electron chi connectivity index (χ1n) is 8.63. The van der Waals surface area contributed by atoms with Crippen LogP contribution in [0.5, 0.6) is 5.75 Å². The minimum atomic E-state index is -4.37. The lowest BCUT2D eigenvalue weighted by Gasteiger charge is -2.11. The van der Waals surface area contributed by atoms with Gasteiger partial charge < -0.3 is 15.4 Å². The van der Waals surface area contributed by atoms with Gasteiger partial charge in [-0.05, 0) is 62.4 Å². The maximum absolute atomic E-state index is 12.7. The van der Waals surface area contributed by atoms with Crippen molar-refractivity contribution in [3.05, 3.63) is 65.9 Å². The van der Waals surface area contributed by atoms with E-state index in [1.54, 1.807) is 6.07 Å². The molecule has 0 atom stereocenters. The van der Waals surface area contributed by atoms with Crippen molar-refractivity contribution in [3.63, 3.8) is 0 Å². The summed E-state index contributed by atoms with van der Waals surface area (Å²) in [5.41, 5.74) is 1.28. The molecule has 8 heteroatoms. The van der Waals surface area contributed by atoms with Gasteiger partial charge in [-0.3, -0.25) is 0 Å². The molecule has 3 aromatic rings. The summed E-state index contributed by atoms with van der Waals surface area (Å²) in [6, 6.07) is 13.9. The predicted molar refractivity (Wildman–Crippen MR) is 102 cm³/mol. The quantitative estimate of drug-likeness (QED) is 0.568. The zero-order chi connectivity index (χ0) is 20.1. The number of aromatic nitrogens is 2. The van der Waals surface area contributed by atoms with Gasteiger partial charge in [-0.1, -0.05) is 0 Å². The van der Waals surface area contributed by atoms with E-state index in [0.717, 1.165) is 23.6 Å². The normalized spacial score (nSPS) is 11.2. The first-order valence-corrected chi connectivity index (χ1v) is 8.63. The first-order chi connectivity index (χ1) is 13.3. The molecule has 0 unspecified atom stereocenters. The van der Waals surface area contributed by atoms with Crippen LogP contribution < -0.4 is 15.4 Å². The minimum Gasteiger partial charge on any atom is -0.494 e. The third-order valence-electron chi connectivity index (χ3n) is 3.76. The van der Waals surface area contributed by atoms with E-state index in [1.165, 1.54) is 12.1 Å². The number of benzene rings is 2. The fourth-order valence-electron chi connectivity index (χ4n) is 2.51. The van der Waals surface area contributed by atoms with E-state index in [-0.39, 0.29) is 5.95 Å². The Morgan fingerprint density at radius 1 is 0.893 bits per heavy atom. The molecule has 0 saturated heterocycles. The summed E-state index contributed by atoms with van der Waals surface area (Å²) < 4.78 is 43.4.